The van der Waals surface area contributed by atoms with Gasteiger partial charge in [0, 0.05) is 17.7 Å². The van der Waals surface area contributed by atoms with Crippen molar-refractivity contribution >= 4 is 35.0 Å². The van der Waals surface area contributed by atoms with Crippen LogP contribution in [0.1, 0.15) is 56.4 Å². The third-order valence-corrected chi connectivity index (χ3v) is 6.42. The molecule has 3 rings (SSSR count). The van der Waals surface area contributed by atoms with E-state index in [2.05, 4.69) is 12.2 Å². The first kappa shape index (κ1) is 22.2. The molecule has 160 valence electrons. The van der Waals surface area contributed by atoms with Crippen molar-refractivity contribution in [1.82, 2.24) is 0 Å². The number of anilines is 2. The van der Waals surface area contributed by atoms with Gasteiger partial charge < -0.3 is 10.1 Å². The van der Waals surface area contributed by atoms with Gasteiger partial charge in [-0.05, 0) is 24.6 Å². The molecule has 6 heteroatoms. The summed E-state index contributed by atoms with van der Waals surface area (Å²) in [7, 11) is 1.61. The number of nitrogens with zero attached hydrogens (tertiary/aromatic N) is 1. The number of para-hydroxylation sites is 3. The first-order valence-electron chi connectivity index (χ1n) is 10.6. The zero-order chi connectivity index (χ0) is 21.3. The Hall–Kier alpha value is -2.47. The number of hydrogen-bond donors (Lipinski definition) is 1. The minimum Gasteiger partial charge on any atom is -0.495 e. The van der Waals surface area contributed by atoms with Gasteiger partial charge in [0.1, 0.15) is 11.1 Å². The molecule has 1 fully saturated rings. The maximum Gasteiger partial charge on any atom is 0.238 e. The van der Waals surface area contributed by atoms with Crippen LogP contribution < -0.4 is 15.0 Å². The number of hydrogen-bond acceptors (Lipinski definition) is 4. The number of ether oxygens (including phenoxy) is 1. The predicted molar refractivity (Wildman–Crippen MR) is 124 cm³/mol. The Morgan fingerprint density at radius 3 is 2.63 bits per heavy atom. The van der Waals surface area contributed by atoms with Crippen molar-refractivity contribution in [3.63, 3.8) is 0 Å². The number of carbonyl (C=O) groups excluding carboxylic acids is 2. The molecule has 2 aromatic rings. The van der Waals surface area contributed by atoms with Gasteiger partial charge in [0.2, 0.25) is 11.8 Å². The fourth-order valence-electron chi connectivity index (χ4n) is 3.67. The molecule has 0 aliphatic carbocycles. The average Bonchev–Trinajstić information content (AvgIpc) is 3.15. The van der Waals surface area contributed by atoms with Crippen molar-refractivity contribution in [3.8, 4) is 5.75 Å². The van der Waals surface area contributed by atoms with E-state index in [4.69, 9.17) is 4.74 Å². The molecular formula is C24H30N2O3S. The zero-order valence-corrected chi connectivity index (χ0v) is 18.5. The Bertz CT molecular complexity index is 871. The van der Waals surface area contributed by atoms with Gasteiger partial charge in [-0.15, -0.1) is 11.8 Å². The lowest BCUT2D eigenvalue weighted by Gasteiger charge is -2.27. The number of amides is 2. The molecule has 2 aromatic carbocycles. The summed E-state index contributed by atoms with van der Waals surface area (Å²) in [5, 5.41) is 2.86. The van der Waals surface area contributed by atoms with Gasteiger partial charge in [0.05, 0.1) is 18.6 Å². The van der Waals surface area contributed by atoms with Crippen molar-refractivity contribution in [2.24, 2.45) is 0 Å². The van der Waals surface area contributed by atoms with Crippen LogP contribution in [0, 0.1) is 0 Å². The largest absolute Gasteiger partial charge is 0.495 e. The molecule has 1 aliphatic heterocycles. The molecule has 0 bridgehead atoms. The molecule has 30 heavy (non-hydrogen) atoms. The van der Waals surface area contributed by atoms with Crippen LogP contribution >= 0.6 is 11.8 Å². The van der Waals surface area contributed by atoms with Crippen LogP contribution in [0.2, 0.25) is 0 Å². The normalized spacial score (nSPS) is 16.0. The van der Waals surface area contributed by atoms with E-state index in [0.717, 1.165) is 29.8 Å². The van der Waals surface area contributed by atoms with Gasteiger partial charge in [-0.1, -0.05) is 62.9 Å². The number of rotatable bonds is 10. The molecule has 5 nitrogen and oxygen atoms in total. The predicted octanol–water partition coefficient (Wildman–Crippen LogP) is 5.77. The molecular weight excluding hydrogens is 396 g/mol. The average molecular weight is 427 g/mol. The number of unbranched alkanes of at least 4 members (excludes halogenated alkanes) is 4. The highest BCUT2D eigenvalue weighted by atomic mass is 32.2. The number of thioether (sulfide) groups is 1. The fourth-order valence-corrected chi connectivity index (χ4v) is 4.88. The Labute approximate surface area is 183 Å². The summed E-state index contributed by atoms with van der Waals surface area (Å²) >= 11 is 1.56. The number of methoxy groups -OCH3 is 1. The quantitative estimate of drug-likeness (QED) is 0.490. The number of carbonyl (C=O) groups is 2. The van der Waals surface area contributed by atoms with Crippen LogP contribution in [0.3, 0.4) is 0 Å². The minimum absolute atomic E-state index is 0.0251. The molecule has 1 atom stereocenters. The van der Waals surface area contributed by atoms with Gasteiger partial charge in [-0.2, -0.15) is 0 Å². The van der Waals surface area contributed by atoms with Crippen LogP contribution in [-0.2, 0) is 9.59 Å². The third-order valence-electron chi connectivity index (χ3n) is 5.22. The first-order valence-corrected chi connectivity index (χ1v) is 11.7. The van der Waals surface area contributed by atoms with E-state index in [1.54, 1.807) is 23.8 Å². The SMILES string of the molecule is CCCCCCCC(=O)Nc1ccccc1C1SCC(=O)N1c1ccccc1OC. The van der Waals surface area contributed by atoms with Crippen LogP contribution in [0.15, 0.2) is 48.5 Å². The monoisotopic (exact) mass is 426 g/mol. The van der Waals surface area contributed by atoms with E-state index in [0.29, 0.717) is 17.9 Å². The van der Waals surface area contributed by atoms with E-state index in [-0.39, 0.29) is 17.2 Å². The Kier molecular flexibility index (Phi) is 8.20. The molecule has 0 saturated carbocycles. The summed E-state index contributed by atoms with van der Waals surface area (Å²) in [6.07, 6.45) is 6.09. The highest BCUT2D eigenvalue weighted by Crippen LogP contribution is 2.46. The Balaban J connectivity index is 1.77. The smallest absolute Gasteiger partial charge is 0.238 e. The lowest BCUT2D eigenvalue weighted by molar-refractivity contribution is -0.116. The standard InChI is InChI=1S/C24H30N2O3S/c1-3-4-5-6-7-16-22(27)25-19-13-9-8-12-18(19)24-26(23(28)17-30-24)20-14-10-11-15-21(20)29-2/h8-15,24H,3-7,16-17H2,1-2H3,(H,25,27). The highest BCUT2D eigenvalue weighted by Gasteiger charge is 2.36. The van der Waals surface area contributed by atoms with Crippen molar-refractivity contribution in [1.29, 1.82) is 0 Å². The lowest BCUT2D eigenvalue weighted by atomic mass is 10.1. The van der Waals surface area contributed by atoms with Gasteiger partial charge in [-0.25, -0.2) is 0 Å². The van der Waals surface area contributed by atoms with Crippen LogP contribution in [-0.4, -0.2) is 24.7 Å². The third kappa shape index (κ3) is 5.36. The van der Waals surface area contributed by atoms with E-state index in [1.807, 2.05) is 48.5 Å². The van der Waals surface area contributed by atoms with Gasteiger partial charge >= 0.3 is 0 Å². The summed E-state index contributed by atoms with van der Waals surface area (Å²) in [4.78, 5) is 27.0. The second-order valence-electron chi connectivity index (χ2n) is 7.40. The Morgan fingerprint density at radius 2 is 1.83 bits per heavy atom. The van der Waals surface area contributed by atoms with Crippen molar-refractivity contribution < 1.29 is 14.3 Å². The summed E-state index contributed by atoms with van der Waals surface area (Å²) in [5.41, 5.74) is 2.44. The molecule has 1 saturated heterocycles. The van der Waals surface area contributed by atoms with Crippen LogP contribution in [0.5, 0.6) is 5.75 Å². The Morgan fingerprint density at radius 1 is 1.10 bits per heavy atom. The van der Waals surface area contributed by atoms with Crippen LogP contribution in [0.25, 0.3) is 0 Å². The molecule has 1 heterocycles. The maximum atomic E-state index is 12.7. The second kappa shape index (κ2) is 11.1. The first-order chi connectivity index (χ1) is 14.7. The zero-order valence-electron chi connectivity index (χ0n) is 17.7. The summed E-state index contributed by atoms with van der Waals surface area (Å²) < 4.78 is 5.48. The molecule has 1 N–H and O–H groups in total. The van der Waals surface area contributed by atoms with Crippen LogP contribution in [0.4, 0.5) is 11.4 Å². The fraction of sp³-hybridized carbons (Fsp3) is 0.417. The second-order valence-corrected chi connectivity index (χ2v) is 8.47. The van der Waals surface area contributed by atoms with E-state index in [1.165, 1.54) is 19.3 Å². The van der Waals surface area contributed by atoms with Crippen molar-refractivity contribution in [2.45, 2.75) is 50.8 Å². The van der Waals surface area contributed by atoms with Gasteiger partial charge in [-0.3, -0.25) is 14.5 Å². The summed E-state index contributed by atoms with van der Waals surface area (Å²) in [6, 6.07) is 15.3. The molecule has 1 aliphatic rings. The molecule has 0 spiro atoms. The van der Waals surface area contributed by atoms with Crippen molar-refractivity contribution in [2.75, 3.05) is 23.1 Å². The molecule has 2 amide bonds. The van der Waals surface area contributed by atoms with E-state index < -0.39 is 0 Å². The topological polar surface area (TPSA) is 58.6 Å². The van der Waals surface area contributed by atoms with Gasteiger partial charge in [0.25, 0.3) is 0 Å². The minimum atomic E-state index is -0.213. The van der Waals surface area contributed by atoms with Crippen molar-refractivity contribution in [3.05, 3.63) is 54.1 Å². The van der Waals surface area contributed by atoms with E-state index in [9.17, 15) is 9.59 Å². The van der Waals surface area contributed by atoms with E-state index >= 15 is 0 Å². The summed E-state index contributed by atoms with van der Waals surface area (Å²) in [6.45, 7) is 2.18. The lowest BCUT2D eigenvalue weighted by Crippen LogP contribution is -2.29. The van der Waals surface area contributed by atoms with Gasteiger partial charge in [0.15, 0.2) is 0 Å². The number of benzene rings is 2. The molecule has 0 aromatic heterocycles. The highest BCUT2D eigenvalue weighted by molar-refractivity contribution is 8.00. The molecule has 1 unspecified atom stereocenters. The maximum absolute atomic E-state index is 12.7. The number of nitrogens with one attached hydrogen (secondary N) is 1. The summed E-state index contributed by atoms with van der Waals surface area (Å²) in [5.74, 6) is 1.11. The molecule has 0 radical (unpaired) electrons.